The minimum Gasteiger partial charge on any atom is -0.507 e. The second-order valence-corrected chi connectivity index (χ2v) is 8.93. The number of nitrogens with two attached hydrogens (primary N) is 1. The van der Waals surface area contributed by atoms with Crippen LogP contribution >= 0.6 is 0 Å². The van der Waals surface area contributed by atoms with E-state index < -0.39 is 15.6 Å². The number of primary sulfonamides is 1. The first-order valence-electron chi connectivity index (χ1n) is 9.38. The number of hydrogen-bond donors (Lipinski definition) is 2. The Bertz CT molecular complexity index is 1360. The minimum absolute atomic E-state index is 0.000740. The molecule has 3 N–H and O–H groups in total. The third-order valence-electron chi connectivity index (χ3n) is 5.31. The zero-order valence-corrected chi connectivity index (χ0v) is 17.9. The molecule has 0 radical (unpaired) electrons. The summed E-state index contributed by atoms with van der Waals surface area (Å²) in [7, 11) is -2.02. The molecule has 31 heavy (non-hydrogen) atoms. The van der Waals surface area contributed by atoms with Gasteiger partial charge in [0.1, 0.15) is 17.1 Å². The predicted octanol–water partition coefficient (Wildman–Crippen LogP) is 1.70. The van der Waals surface area contributed by atoms with Crippen LogP contribution in [0.1, 0.15) is 35.0 Å². The molecule has 4 rings (SSSR count). The fourth-order valence-corrected chi connectivity index (χ4v) is 4.15. The van der Waals surface area contributed by atoms with Crippen molar-refractivity contribution in [3.63, 3.8) is 0 Å². The molecule has 11 heteroatoms. The number of aromatic hydroxyl groups is 1. The second kappa shape index (κ2) is 7.36. The Morgan fingerprint density at radius 1 is 1.23 bits per heavy atom. The summed E-state index contributed by atoms with van der Waals surface area (Å²) in [6, 6.07) is 6.99. The minimum atomic E-state index is -3.84. The Kier molecular flexibility index (Phi) is 4.94. The van der Waals surface area contributed by atoms with Gasteiger partial charge in [-0.3, -0.25) is 9.69 Å². The van der Waals surface area contributed by atoms with Crippen molar-refractivity contribution in [2.45, 2.75) is 31.2 Å². The highest BCUT2D eigenvalue weighted by Gasteiger charge is 2.34. The number of hydrogen-bond acceptors (Lipinski definition) is 8. The average Bonchev–Trinajstić information content (AvgIpc) is 3.24. The van der Waals surface area contributed by atoms with Crippen molar-refractivity contribution in [1.29, 1.82) is 0 Å². The number of rotatable bonds is 4. The Morgan fingerprint density at radius 3 is 2.45 bits per heavy atom. The Labute approximate surface area is 178 Å². The van der Waals surface area contributed by atoms with Crippen LogP contribution in [0, 0.1) is 13.8 Å². The smallest absolute Gasteiger partial charge is 0.348 e. The number of aromatic nitrogens is 2. The first-order chi connectivity index (χ1) is 14.6. The molecule has 0 amide bonds. The van der Waals surface area contributed by atoms with E-state index >= 15 is 0 Å². The topological polar surface area (TPSA) is 144 Å². The van der Waals surface area contributed by atoms with Gasteiger partial charge in [-0.25, -0.2) is 18.4 Å². The molecule has 0 aliphatic carbocycles. The lowest BCUT2D eigenvalue weighted by atomic mass is 9.99. The van der Waals surface area contributed by atoms with Crippen molar-refractivity contribution in [2.24, 2.45) is 17.3 Å². The molecule has 1 atom stereocenters. The van der Waals surface area contributed by atoms with Crippen LogP contribution in [0.15, 0.2) is 55.7 Å². The number of hydrazone groups is 1. The van der Waals surface area contributed by atoms with Crippen LogP contribution in [0.3, 0.4) is 0 Å². The van der Waals surface area contributed by atoms with E-state index in [2.05, 4.69) is 10.2 Å². The molecule has 162 valence electrons. The van der Waals surface area contributed by atoms with E-state index in [0.717, 1.165) is 11.3 Å². The first-order valence-corrected chi connectivity index (χ1v) is 10.9. The molecule has 1 aliphatic heterocycles. The van der Waals surface area contributed by atoms with E-state index in [9.17, 15) is 18.3 Å². The normalized spacial score (nSPS) is 16.6. The van der Waals surface area contributed by atoms with E-state index in [-0.39, 0.29) is 22.3 Å². The van der Waals surface area contributed by atoms with E-state index in [1.807, 2.05) is 14.0 Å². The standard InChI is InChI=1S/C20H21N5O5S/c1-11-8-18(26)19(20(27)30-11)16-9-17(15-10-22-24(3)12(15)2)25(23-16)13-4-6-14(7-5-13)31(21,28)29/h4-8,10,17,26H,9H2,1-3H3,(H2,21,28,29). The molecule has 1 aliphatic rings. The van der Waals surface area contributed by atoms with Gasteiger partial charge in [0.2, 0.25) is 10.0 Å². The van der Waals surface area contributed by atoms with Crippen molar-refractivity contribution in [3.8, 4) is 5.75 Å². The molecule has 0 fully saturated rings. The van der Waals surface area contributed by atoms with Gasteiger partial charge in [-0.05, 0) is 38.1 Å². The highest BCUT2D eigenvalue weighted by atomic mass is 32.2. The zero-order chi connectivity index (χ0) is 22.5. The van der Waals surface area contributed by atoms with Crippen molar-refractivity contribution in [3.05, 3.63) is 69.5 Å². The summed E-state index contributed by atoms with van der Waals surface area (Å²) in [5.41, 5.74) is 2.06. The van der Waals surface area contributed by atoms with Crippen molar-refractivity contribution >= 4 is 21.4 Å². The maximum Gasteiger partial charge on any atom is 0.348 e. The molecule has 2 aromatic heterocycles. The lowest BCUT2D eigenvalue weighted by Gasteiger charge is -2.23. The Morgan fingerprint density at radius 2 is 1.90 bits per heavy atom. The van der Waals surface area contributed by atoms with Gasteiger partial charge < -0.3 is 9.52 Å². The Balaban J connectivity index is 1.84. The summed E-state index contributed by atoms with van der Waals surface area (Å²) < 4.78 is 30.1. The van der Waals surface area contributed by atoms with Gasteiger partial charge in [-0.2, -0.15) is 10.2 Å². The van der Waals surface area contributed by atoms with Gasteiger partial charge >= 0.3 is 5.63 Å². The van der Waals surface area contributed by atoms with Gasteiger partial charge in [0, 0.05) is 30.8 Å². The zero-order valence-electron chi connectivity index (χ0n) is 17.1. The predicted molar refractivity (Wildman–Crippen MR) is 114 cm³/mol. The van der Waals surface area contributed by atoms with E-state index in [0.29, 0.717) is 23.6 Å². The van der Waals surface area contributed by atoms with E-state index in [1.165, 1.54) is 18.2 Å². The summed E-state index contributed by atoms with van der Waals surface area (Å²) >= 11 is 0. The van der Waals surface area contributed by atoms with Crippen LogP contribution < -0.4 is 15.8 Å². The maximum atomic E-state index is 12.4. The molecular weight excluding hydrogens is 422 g/mol. The SMILES string of the molecule is Cc1cc(O)c(C2=NN(c3ccc(S(N)(=O)=O)cc3)C(c3cnn(C)c3C)C2)c(=O)o1. The highest BCUT2D eigenvalue weighted by Crippen LogP contribution is 2.38. The second-order valence-electron chi connectivity index (χ2n) is 7.36. The molecule has 10 nitrogen and oxygen atoms in total. The molecule has 0 saturated carbocycles. The summed E-state index contributed by atoms with van der Waals surface area (Å²) in [6.07, 6.45) is 2.03. The molecule has 3 heterocycles. The quantitative estimate of drug-likeness (QED) is 0.624. The van der Waals surface area contributed by atoms with Crippen LogP contribution in [0.4, 0.5) is 5.69 Å². The summed E-state index contributed by atoms with van der Waals surface area (Å²) in [6.45, 7) is 3.49. The number of sulfonamides is 1. The van der Waals surface area contributed by atoms with Gasteiger partial charge in [-0.1, -0.05) is 0 Å². The monoisotopic (exact) mass is 443 g/mol. The van der Waals surface area contributed by atoms with Crippen LogP contribution in [0.2, 0.25) is 0 Å². The number of benzene rings is 1. The van der Waals surface area contributed by atoms with Crippen LogP contribution in [-0.2, 0) is 17.1 Å². The molecule has 0 bridgehead atoms. The lowest BCUT2D eigenvalue weighted by Crippen LogP contribution is -2.19. The molecule has 1 unspecified atom stereocenters. The fraction of sp³-hybridized carbons (Fsp3) is 0.250. The molecule has 3 aromatic rings. The van der Waals surface area contributed by atoms with Gasteiger partial charge in [0.05, 0.1) is 28.5 Å². The molecule has 1 aromatic carbocycles. The number of nitrogens with zero attached hydrogens (tertiary/aromatic N) is 4. The molecule has 0 saturated heterocycles. The van der Waals surface area contributed by atoms with Gasteiger partial charge in [0.15, 0.2) is 0 Å². The summed E-state index contributed by atoms with van der Waals surface area (Å²) in [4.78, 5) is 12.4. The maximum absolute atomic E-state index is 12.4. The summed E-state index contributed by atoms with van der Waals surface area (Å²) in [5, 5.41) is 26.1. The fourth-order valence-electron chi connectivity index (χ4n) is 3.63. The van der Waals surface area contributed by atoms with Gasteiger partial charge in [-0.15, -0.1) is 0 Å². The third-order valence-corrected chi connectivity index (χ3v) is 6.24. The van der Waals surface area contributed by atoms with Crippen molar-refractivity contribution in [1.82, 2.24) is 9.78 Å². The van der Waals surface area contributed by atoms with E-state index in [1.54, 1.807) is 34.9 Å². The van der Waals surface area contributed by atoms with Crippen LogP contribution in [-0.4, -0.2) is 29.0 Å². The number of anilines is 1. The summed E-state index contributed by atoms with van der Waals surface area (Å²) in [5.74, 6) is 0.0838. The lowest BCUT2D eigenvalue weighted by molar-refractivity contribution is 0.432. The van der Waals surface area contributed by atoms with E-state index in [4.69, 9.17) is 9.56 Å². The first kappa shape index (κ1) is 20.8. The molecular formula is C20H21N5O5S. The largest absolute Gasteiger partial charge is 0.507 e. The third kappa shape index (κ3) is 3.73. The van der Waals surface area contributed by atoms with Gasteiger partial charge in [0.25, 0.3) is 0 Å². The van der Waals surface area contributed by atoms with Crippen LogP contribution in [0.25, 0.3) is 0 Å². The molecule has 0 spiro atoms. The van der Waals surface area contributed by atoms with Crippen molar-refractivity contribution in [2.75, 3.05) is 5.01 Å². The Hall–Kier alpha value is -3.44. The van der Waals surface area contributed by atoms with Crippen molar-refractivity contribution < 1.29 is 17.9 Å². The van der Waals surface area contributed by atoms with Crippen LogP contribution in [0.5, 0.6) is 5.75 Å². The number of aryl methyl sites for hydroxylation is 2. The highest BCUT2D eigenvalue weighted by molar-refractivity contribution is 7.89. The average molecular weight is 443 g/mol.